The summed E-state index contributed by atoms with van der Waals surface area (Å²) in [6, 6.07) is 24.4. The van der Waals surface area contributed by atoms with Crippen LogP contribution in [0.3, 0.4) is 0 Å². The van der Waals surface area contributed by atoms with Gasteiger partial charge in [0.1, 0.15) is 37.2 Å². The van der Waals surface area contributed by atoms with Gasteiger partial charge in [-0.25, -0.2) is 0 Å². The lowest BCUT2D eigenvalue weighted by atomic mass is 9.80. The van der Waals surface area contributed by atoms with E-state index in [-0.39, 0.29) is 25.9 Å². The molecule has 0 saturated carbocycles. The van der Waals surface area contributed by atoms with E-state index in [2.05, 4.69) is 0 Å². The summed E-state index contributed by atoms with van der Waals surface area (Å²) in [7, 11) is 9.28. The number of methoxy groups -OCH3 is 2. The first-order valence-corrected chi connectivity index (χ1v) is 12.7. The van der Waals surface area contributed by atoms with Gasteiger partial charge in [0, 0.05) is 12.4 Å². The molecule has 0 bridgehead atoms. The zero-order valence-electron chi connectivity index (χ0n) is 21.9. The summed E-state index contributed by atoms with van der Waals surface area (Å²) in [6.45, 7) is 0.0392. The molecule has 1 heterocycles. The van der Waals surface area contributed by atoms with Gasteiger partial charge >= 0.3 is 11.9 Å². The molecule has 1 aliphatic rings. The fourth-order valence-electron chi connectivity index (χ4n) is 4.74. The van der Waals surface area contributed by atoms with E-state index >= 15 is 0 Å². The topological polar surface area (TPSA) is 101 Å². The Morgan fingerprint density at radius 1 is 0.872 bits per heavy atom. The normalized spacial score (nSPS) is 18.9. The maximum Gasteiger partial charge on any atom is 0.306 e. The third-order valence-electron chi connectivity index (χ3n) is 6.69. The van der Waals surface area contributed by atoms with Crippen molar-refractivity contribution in [2.75, 3.05) is 20.8 Å². The summed E-state index contributed by atoms with van der Waals surface area (Å²) in [5, 5.41) is 8.89. The SMILES string of the molecule is [B]C1CC(OC(=O)CCC(=O)O)C(COC(c2ccccc2)(c2ccc(OC)cc2)c2ccc(OC)cc2)O1. The molecule has 3 aromatic rings. The first kappa shape index (κ1) is 28.2. The van der Waals surface area contributed by atoms with E-state index in [1.54, 1.807) is 14.2 Å². The second-order valence-electron chi connectivity index (χ2n) is 9.19. The van der Waals surface area contributed by atoms with Gasteiger partial charge in [-0.05, 0) is 41.0 Å². The molecule has 0 aromatic heterocycles. The number of benzene rings is 3. The van der Waals surface area contributed by atoms with Crippen LogP contribution in [-0.4, -0.2) is 63.9 Å². The van der Waals surface area contributed by atoms with Crippen molar-refractivity contribution in [3.8, 4) is 11.5 Å². The molecule has 3 atom stereocenters. The van der Waals surface area contributed by atoms with Gasteiger partial charge in [-0.1, -0.05) is 54.6 Å². The Kier molecular flexibility index (Phi) is 9.27. The molecule has 0 spiro atoms. The highest BCUT2D eigenvalue weighted by Gasteiger charge is 2.42. The maximum absolute atomic E-state index is 12.3. The maximum atomic E-state index is 12.3. The molecule has 1 N–H and O–H groups in total. The van der Waals surface area contributed by atoms with Crippen LogP contribution in [0, 0.1) is 0 Å². The number of carboxylic acids is 1. The molecular weight excluding hydrogens is 499 g/mol. The fourth-order valence-corrected chi connectivity index (χ4v) is 4.74. The van der Waals surface area contributed by atoms with Crippen LogP contribution in [-0.2, 0) is 29.4 Å². The van der Waals surface area contributed by atoms with Crippen molar-refractivity contribution in [3.05, 3.63) is 95.6 Å². The predicted octanol–water partition coefficient (Wildman–Crippen LogP) is 4.07. The lowest BCUT2D eigenvalue weighted by Gasteiger charge is -2.37. The molecule has 2 radical (unpaired) electrons. The van der Waals surface area contributed by atoms with Crippen molar-refractivity contribution in [3.63, 3.8) is 0 Å². The van der Waals surface area contributed by atoms with Crippen LogP contribution in [0.2, 0.25) is 0 Å². The molecule has 1 aliphatic heterocycles. The highest BCUT2D eigenvalue weighted by atomic mass is 16.6. The molecule has 39 heavy (non-hydrogen) atoms. The highest BCUT2D eigenvalue weighted by molar-refractivity contribution is 6.11. The summed E-state index contributed by atoms with van der Waals surface area (Å²) in [5.41, 5.74) is 1.49. The quantitative estimate of drug-likeness (QED) is 0.213. The van der Waals surface area contributed by atoms with E-state index in [4.69, 9.17) is 36.6 Å². The molecule has 4 rings (SSSR count). The van der Waals surface area contributed by atoms with Gasteiger partial charge < -0.3 is 28.8 Å². The summed E-state index contributed by atoms with van der Waals surface area (Å²) >= 11 is 0. The van der Waals surface area contributed by atoms with Crippen LogP contribution in [0.25, 0.3) is 0 Å². The second-order valence-corrected chi connectivity index (χ2v) is 9.19. The van der Waals surface area contributed by atoms with Crippen molar-refractivity contribution in [2.24, 2.45) is 0 Å². The van der Waals surface area contributed by atoms with E-state index in [1.165, 1.54) is 0 Å². The molecule has 1 saturated heterocycles. The van der Waals surface area contributed by atoms with Crippen molar-refractivity contribution < 1.29 is 38.4 Å². The van der Waals surface area contributed by atoms with Gasteiger partial charge in [0.15, 0.2) is 0 Å². The number of ether oxygens (including phenoxy) is 5. The van der Waals surface area contributed by atoms with Gasteiger partial charge in [0.25, 0.3) is 0 Å². The molecule has 3 aromatic carbocycles. The zero-order chi connectivity index (χ0) is 27.8. The van der Waals surface area contributed by atoms with Gasteiger partial charge in [-0.2, -0.15) is 0 Å². The second kappa shape index (κ2) is 12.8. The fraction of sp³-hybridized carbons (Fsp3) is 0.333. The molecule has 8 nitrogen and oxygen atoms in total. The molecule has 1 fully saturated rings. The third-order valence-corrected chi connectivity index (χ3v) is 6.69. The van der Waals surface area contributed by atoms with Crippen LogP contribution in [0.15, 0.2) is 78.9 Å². The first-order valence-electron chi connectivity index (χ1n) is 12.7. The number of esters is 1. The summed E-state index contributed by atoms with van der Waals surface area (Å²) in [4.78, 5) is 23.2. The zero-order valence-corrected chi connectivity index (χ0v) is 21.9. The smallest absolute Gasteiger partial charge is 0.306 e. The van der Waals surface area contributed by atoms with Gasteiger partial charge in [0.2, 0.25) is 0 Å². The Balaban J connectivity index is 1.71. The predicted molar refractivity (Wildman–Crippen MR) is 144 cm³/mol. The number of aliphatic carboxylic acids is 1. The molecular formula is C30H31BO8. The number of hydrogen-bond acceptors (Lipinski definition) is 7. The molecule has 9 heteroatoms. The summed E-state index contributed by atoms with van der Waals surface area (Å²) < 4.78 is 29.1. The number of carbonyl (C=O) groups excluding carboxylic acids is 1. The standard InChI is InChI=1S/C30H31BO8/c1-35-23-12-8-21(9-13-23)30(20-6-4-3-5-7-20,22-10-14-24(36-2)15-11-22)37-19-26-25(18-27(31)38-26)39-29(34)17-16-28(32)33/h3-15,25-27H,16-19H2,1-2H3,(H,32,33). The summed E-state index contributed by atoms with van der Waals surface area (Å²) in [5.74, 6) is -0.287. The number of rotatable bonds is 12. The van der Waals surface area contributed by atoms with Crippen molar-refractivity contribution >= 4 is 19.8 Å². The van der Waals surface area contributed by atoms with Gasteiger partial charge in [-0.15, -0.1) is 0 Å². The molecule has 3 unspecified atom stereocenters. The first-order chi connectivity index (χ1) is 18.8. The average molecular weight is 530 g/mol. The lowest BCUT2D eigenvalue weighted by Crippen LogP contribution is -2.39. The Hall–Kier alpha value is -3.82. The Labute approximate surface area is 229 Å². The minimum atomic E-state index is -1.08. The van der Waals surface area contributed by atoms with Crippen LogP contribution >= 0.6 is 0 Å². The Bertz CT molecular complexity index is 1180. The molecule has 0 aliphatic carbocycles. The summed E-state index contributed by atoms with van der Waals surface area (Å²) in [6.07, 6.45) is -1.61. The largest absolute Gasteiger partial charge is 0.497 e. The van der Waals surface area contributed by atoms with E-state index < -0.39 is 35.8 Å². The minimum Gasteiger partial charge on any atom is -0.497 e. The van der Waals surface area contributed by atoms with Crippen LogP contribution in [0.4, 0.5) is 0 Å². The van der Waals surface area contributed by atoms with Gasteiger partial charge in [0.05, 0.1) is 33.7 Å². The lowest BCUT2D eigenvalue weighted by molar-refractivity contribution is -0.157. The highest BCUT2D eigenvalue weighted by Crippen LogP contribution is 2.42. The Morgan fingerprint density at radius 2 is 1.41 bits per heavy atom. The molecule has 202 valence electrons. The van der Waals surface area contributed by atoms with Crippen LogP contribution in [0.5, 0.6) is 11.5 Å². The third kappa shape index (κ3) is 6.61. The van der Waals surface area contributed by atoms with Crippen molar-refractivity contribution in [1.82, 2.24) is 0 Å². The van der Waals surface area contributed by atoms with E-state index in [0.717, 1.165) is 16.7 Å². The van der Waals surface area contributed by atoms with E-state index in [1.807, 2.05) is 78.9 Å². The van der Waals surface area contributed by atoms with E-state index in [9.17, 15) is 9.59 Å². The van der Waals surface area contributed by atoms with Gasteiger partial charge in [-0.3, -0.25) is 9.59 Å². The van der Waals surface area contributed by atoms with Crippen LogP contribution in [0.1, 0.15) is 36.0 Å². The number of carboxylic acid groups (broad SMARTS) is 1. The molecule has 0 amide bonds. The van der Waals surface area contributed by atoms with Crippen molar-refractivity contribution in [1.29, 1.82) is 0 Å². The minimum absolute atomic E-state index is 0.0392. The van der Waals surface area contributed by atoms with Crippen molar-refractivity contribution in [2.45, 2.75) is 43.1 Å². The van der Waals surface area contributed by atoms with Crippen LogP contribution < -0.4 is 9.47 Å². The monoisotopic (exact) mass is 530 g/mol. The number of hydrogen-bond donors (Lipinski definition) is 1. The Morgan fingerprint density at radius 3 is 1.92 bits per heavy atom. The average Bonchev–Trinajstić information content (AvgIpc) is 3.31. The van der Waals surface area contributed by atoms with E-state index in [0.29, 0.717) is 11.5 Å². The number of carbonyl (C=O) groups is 2.